The number of carbonyl (C=O) groups is 1. The number of carboxylic acid groups (broad SMARTS) is 1. The smallest absolute Gasteiger partial charge is 0.545 e. The largest absolute Gasteiger partial charge is 1.00 e. The molecule has 0 atom stereocenters. The molecule has 0 saturated carbocycles. The fraction of sp³-hybridized carbons (Fsp3) is 0.364. The average molecular weight is 273 g/mol. The summed E-state index contributed by atoms with van der Waals surface area (Å²) in [5.41, 5.74) is 0.747. The van der Waals surface area contributed by atoms with Gasteiger partial charge in [-0.2, -0.15) is 0 Å². The van der Waals surface area contributed by atoms with Crippen LogP contribution in [-0.2, 0) is 4.74 Å². The summed E-state index contributed by atoms with van der Waals surface area (Å²) in [7, 11) is 0. The topological polar surface area (TPSA) is 77.3 Å². The van der Waals surface area contributed by atoms with Crippen molar-refractivity contribution in [1.29, 1.82) is 0 Å². The predicted octanol–water partition coefficient (Wildman–Crippen LogP) is -2.61. The molecule has 1 saturated heterocycles. The molecular weight excluding hydrogens is 261 g/mol. The number of hydrogen-bond donors (Lipinski definition) is 0. The third-order valence-electron chi connectivity index (χ3n) is 2.38. The second-order valence-corrected chi connectivity index (χ2v) is 3.59. The van der Waals surface area contributed by atoms with Crippen molar-refractivity contribution in [2.45, 2.75) is 0 Å². The number of carboxylic acids is 1. The molecule has 6 nitrogen and oxygen atoms in total. The van der Waals surface area contributed by atoms with Gasteiger partial charge in [0.25, 0.3) is 0 Å². The van der Waals surface area contributed by atoms with E-state index in [0.717, 1.165) is 13.1 Å². The van der Waals surface area contributed by atoms with Gasteiger partial charge in [-0.3, -0.25) is 5.01 Å². The van der Waals surface area contributed by atoms with Gasteiger partial charge in [0.15, 0.2) is 0 Å². The van der Waals surface area contributed by atoms with Crippen LogP contribution < -0.4 is 56.5 Å². The Bertz CT molecular complexity index is 416. The van der Waals surface area contributed by atoms with Gasteiger partial charge in [-0.15, -0.1) is 5.11 Å². The number of nitrogens with zero attached hydrogens (tertiary/aromatic N) is 3. The van der Waals surface area contributed by atoms with Crippen LogP contribution in [0.4, 0.5) is 5.69 Å². The summed E-state index contributed by atoms with van der Waals surface area (Å²) in [5.74, 6) is -1.19. The number of benzene rings is 1. The molecule has 0 unspecified atom stereocenters. The maximum absolute atomic E-state index is 10.5. The molecule has 2 rings (SSSR count). The zero-order valence-corrected chi connectivity index (χ0v) is 13.3. The molecule has 1 fully saturated rings. The molecule has 0 bridgehead atoms. The number of ether oxygens (including phenoxy) is 1. The molecule has 0 N–H and O–H groups in total. The van der Waals surface area contributed by atoms with E-state index >= 15 is 0 Å². The molecule has 0 amide bonds. The Kier molecular flexibility index (Phi) is 6.98. The normalized spacial score (nSPS) is 15.4. The molecule has 1 aliphatic rings. The maximum atomic E-state index is 10.5. The van der Waals surface area contributed by atoms with E-state index in [4.69, 9.17) is 4.74 Å². The van der Waals surface area contributed by atoms with Crippen molar-refractivity contribution in [1.82, 2.24) is 5.01 Å². The van der Waals surface area contributed by atoms with Crippen molar-refractivity contribution >= 4 is 11.7 Å². The van der Waals surface area contributed by atoms with Crippen LogP contribution in [-0.4, -0.2) is 37.3 Å². The number of aromatic carboxylic acids is 1. The van der Waals surface area contributed by atoms with E-state index in [-0.39, 0.29) is 56.9 Å². The fourth-order valence-electron chi connectivity index (χ4n) is 1.42. The second-order valence-electron chi connectivity index (χ2n) is 3.59. The minimum Gasteiger partial charge on any atom is -0.545 e. The van der Waals surface area contributed by atoms with E-state index in [9.17, 15) is 9.90 Å². The molecule has 18 heavy (non-hydrogen) atoms. The summed E-state index contributed by atoms with van der Waals surface area (Å²) in [5, 5.41) is 20.4. The first-order chi connectivity index (χ1) is 8.25. The van der Waals surface area contributed by atoms with Crippen LogP contribution in [0.25, 0.3) is 0 Å². The number of rotatable bonds is 3. The van der Waals surface area contributed by atoms with Gasteiger partial charge in [0.2, 0.25) is 0 Å². The van der Waals surface area contributed by atoms with Gasteiger partial charge in [0, 0.05) is 0 Å². The molecular formula is C11H12KN3O3. The zero-order chi connectivity index (χ0) is 12.1. The number of carbonyl (C=O) groups excluding carboxylic acids is 1. The van der Waals surface area contributed by atoms with E-state index in [0.29, 0.717) is 18.9 Å². The van der Waals surface area contributed by atoms with E-state index in [1.54, 1.807) is 12.1 Å². The van der Waals surface area contributed by atoms with Gasteiger partial charge < -0.3 is 14.6 Å². The number of morpholine rings is 1. The molecule has 1 aromatic rings. The van der Waals surface area contributed by atoms with Gasteiger partial charge in [-0.25, -0.2) is 0 Å². The Balaban J connectivity index is 0.00000162. The van der Waals surface area contributed by atoms with Crippen LogP contribution in [0.5, 0.6) is 0 Å². The molecule has 1 aromatic carbocycles. The second kappa shape index (κ2) is 7.98. The van der Waals surface area contributed by atoms with Gasteiger partial charge in [0.05, 0.1) is 38.0 Å². The minimum absolute atomic E-state index is 0. The Morgan fingerprint density at radius 2 is 1.83 bits per heavy atom. The SMILES string of the molecule is O=C([O-])c1ccc(N=NN2CCOCC2)cc1.[K+]. The van der Waals surface area contributed by atoms with Crippen LogP contribution >= 0.6 is 0 Å². The van der Waals surface area contributed by atoms with Crippen LogP contribution in [0.1, 0.15) is 10.4 Å². The van der Waals surface area contributed by atoms with E-state index < -0.39 is 5.97 Å². The first-order valence-electron chi connectivity index (χ1n) is 5.31. The molecule has 0 spiro atoms. The first-order valence-corrected chi connectivity index (χ1v) is 5.31. The van der Waals surface area contributed by atoms with E-state index in [1.165, 1.54) is 12.1 Å². The van der Waals surface area contributed by atoms with Crippen molar-refractivity contribution in [3.63, 3.8) is 0 Å². The summed E-state index contributed by atoms with van der Waals surface area (Å²) in [6.07, 6.45) is 0. The van der Waals surface area contributed by atoms with Crippen molar-refractivity contribution in [3.05, 3.63) is 29.8 Å². The van der Waals surface area contributed by atoms with Crippen LogP contribution in [0.3, 0.4) is 0 Å². The maximum Gasteiger partial charge on any atom is 1.00 e. The molecule has 90 valence electrons. The van der Waals surface area contributed by atoms with Crippen molar-refractivity contribution in [3.8, 4) is 0 Å². The summed E-state index contributed by atoms with van der Waals surface area (Å²) >= 11 is 0. The van der Waals surface area contributed by atoms with Gasteiger partial charge >= 0.3 is 51.4 Å². The van der Waals surface area contributed by atoms with Crippen LogP contribution in [0, 0.1) is 0 Å². The molecule has 1 aliphatic heterocycles. The monoisotopic (exact) mass is 273 g/mol. The Morgan fingerprint density at radius 1 is 1.22 bits per heavy atom. The first kappa shape index (κ1) is 15.7. The third-order valence-corrected chi connectivity index (χ3v) is 2.38. The van der Waals surface area contributed by atoms with Crippen molar-refractivity contribution in [2.24, 2.45) is 10.3 Å². The quantitative estimate of drug-likeness (QED) is 0.446. The summed E-state index contributed by atoms with van der Waals surface area (Å²) < 4.78 is 5.18. The Hall–Kier alpha value is -0.314. The molecule has 0 aromatic heterocycles. The zero-order valence-electron chi connectivity index (χ0n) is 10.2. The van der Waals surface area contributed by atoms with Gasteiger partial charge in [-0.05, 0) is 17.7 Å². The van der Waals surface area contributed by atoms with E-state index in [1.807, 2.05) is 5.01 Å². The average Bonchev–Trinajstić information content (AvgIpc) is 2.38. The summed E-state index contributed by atoms with van der Waals surface area (Å²) in [6.45, 7) is 2.76. The number of hydrogen-bond acceptors (Lipinski definition) is 5. The van der Waals surface area contributed by atoms with Gasteiger partial charge in [0.1, 0.15) is 0 Å². The Labute approximate surface area is 147 Å². The van der Waals surface area contributed by atoms with Crippen LogP contribution in [0.15, 0.2) is 34.6 Å². The molecule has 1 heterocycles. The van der Waals surface area contributed by atoms with Crippen molar-refractivity contribution < 1.29 is 66.0 Å². The molecule has 0 radical (unpaired) electrons. The van der Waals surface area contributed by atoms with E-state index in [2.05, 4.69) is 10.3 Å². The van der Waals surface area contributed by atoms with Crippen LogP contribution in [0.2, 0.25) is 0 Å². The standard InChI is InChI=1S/C11H13N3O3.K/c15-11(16)9-1-3-10(4-2-9)12-13-14-5-7-17-8-6-14;/h1-4H,5-8H2,(H,15,16);/q;+1/p-1. The predicted molar refractivity (Wildman–Crippen MR) is 57.7 cm³/mol. The Morgan fingerprint density at radius 3 is 2.39 bits per heavy atom. The summed E-state index contributed by atoms with van der Waals surface area (Å²) in [4.78, 5) is 10.5. The summed E-state index contributed by atoms with van der Waals surface area (Å²) in [6, 6.07) is 6.08. The fourth-order valence-corrected chi connectivity index (χ4v) is 1.42. The molecule has 0 aliphatic carbocycles. The van der Waals surface area contributed by atoms with Crippen molar-refractivity contribution in [2.75, 3.05) is 26.3 Å². The minimum atomic E-state index is -1.19. The molecule has 7 heteroatoms. The third kappa shape index (κ3) is 4.75. The van der Waals surface area contributed by atoms with Gasteiger partial charge in [-0.1, -0.05) is 17.4 Å².